The molecule has 3 atom stereocenters. The maximum absolute atomic E-state index is 13.6. The van der Waals surface area contributed by atoms with Gasteiger partial charge in [0, 0.05) is 11.6 Å². The Labute approximate surface area is 181 Å². The highest BCUT2D eigenvalue weighted by Crippen LogP contribution is 2.44. The van der Waals surface area contributed by atoms with E-state index in [2.05, 4.69) is 32.9 Å². The molecule has 0 spiro atoms. The fourth-order valence-electron chi connectivity index (χ4n) is 5.29. The van der Waals surface area contributed by atoms with E-state index in [0.717, 1.165) is 54.5 Å². The summed E-state index contributed by atoms with van der Waals surface area (Å²) in [4.78, 5) is 26.3. The Morgan fingerprint density at radius 2 is 1.67 bits per heavy atom. The van der Waals surface area contributed by atoms with E-state index < -0.39 is 11.5 Å². The third-order valence-corrected chi connectivity index (χ3v) is 6.84. The first kappa shape index (κ1) is 22.7. The Bertz CT molecular complexity index is 815. The van der Waals surface area contributed by atoms with Gasteiger partial charge in [-0.15, -0.1) is 0 Å². The van der Waals surface area contributed by atoms with E-state index in [0.29, 0.717) is 12.3 Å². The summed E-state index contributed by atoms with van der Waals surface area (Å²) in [6.07, 6.45) is 4.80. The van der Waals surface area contributed by atoms with Gasteiger partial charge in [0.05, 0.1) is 11.3 Å². The van der Waals surface area contributed by atoms with Crippen LogP contribution >= 0.6 is 0 Å². The molecule has 2 saturated carbocycles. The lowest BCUT2D eigenvalue weighted by molar-refractivity contribution is -0.159. The summed E-state index contributed by atoms with van der Waals surface area (Å²) < 4.78 is 6.00. The number of ketones is 1. The number of nitrogens with one attached hydrogen (secondary N) is 1. The zero-order valence-corrected chi connectivity index (χ0v) is 19.4. The van der Waals surface area contributed by atoms with Crippen LogP contribution in [0.25, 0.3) is 0 Å². The van der Waals surface area contributed by atoms with Crippen LogP contribution in [0.15, 0.2) is 12.1 Å². The molecule has 1 aromatic carbocycles. The van der Waals surface area contributed by atoms with Crippen LogP contribution in [-0.2, 0) is 14.3 Å². The van der Waals surface area contributed by atoms with Gasteiger partial charge in [0.15, 0.2) is 0 Å². The van der Waals surface area contributed by atoms with Crippen molar-refractivity contribution in [1.82, 2.24) is 0 Å². The van der Waals surface area contributed by atoms with E-state index >= 15 is 0 Å². The van der Waals surface area contributed by atoms with Crippen LogP contribution in [0.3, 0.4) is 0 Å². The van der Waals surface area contributed by atoms with Crippen molar-refractivity contribution in [3.05, 3.63) is 34.4 Å². The molecule has 2 aliphatic carbocycles. The molecule has 0 radical (unpaired) electrons. The van der Waals surface area contributed by atoms with Crippen LogP contribution in [0.4, 0.5) is 0 Å². The van der Waals surface area contributed by atoms with Crippen molar-refractivity contribution in [2.24, 2.45) is 17.3 Å². The van der Waals surface area contributed by atoms with E-state index in [-0.39, 0.29) is 23.6 Å². The monoisotopic (exact) mass is 411 g/mol. The van der Waals surface area contributed by atoms with Crippen molar-refractivity contribution < 1.29 is 14.3 Å². The summed E-state index contributed by atoms with van der Waals surface area (Å²) >= 11 is 0. The normalized spacial score (nSPS) is 27.4. The van der Waals surface area contributed by atoms with Crippen molar-refractivity contribution in [1.29, 1.82) is 5.41 Å². The molecule has 0 aromatic heterocycles. The second-order valence-corrected chi connectivity index (χ2v) is 10.6. The molecule has 0 saturated heterocycles. The molecule has 4 nitrogen and oxygen atoms in total. The van der Waals surface area contributed by atoms with Gasteiger partial charge in [0.1, 0.15) is 11.9 Å². The average molecular weight is 412 g/mol. The maximum Gasteiger partial charge on any atom is 0.311 e. The van der Waals surface area contributed by atoms with E-state index in [1.165, 1.54) is 5.56 Å². The van der Waals surface area contributed by atoms with Crippen LogP contribution in [0.5, 0.6) is 0 Å². The fraction of sp³-hybridized carbons (Fsp3) is 0.654. The largest absolute Gasteiger partial charge is 0.461 e. The Morgan fingerprint density at radius 1 is 1.10 bits per heavy atom. The lowest BCUT2D eigenvalue weighted by Crippen LogP contribution is -2.31. The smallest absolute Gasteiger partial charge is 0.311 e. The summed E-state index contributed by atoms with van der Waals surface area (Å²) in [6, 6.07) is 4.25. The van der Waals surface area contributed by atoms with Crippen molar-refractivity contribution >= 4 is 17.5 Å². The van der Waals surface area contributed by atoms with Gasteiger partial charge in [0.25, 0.3) is 0 Å². The predicted molar refractivity (Wildman–Crippen MR) is 120 cm³/mol. The number of esters is 1. The highest BCUT2D eigenvalue weighted by molar-refractivity contribution is 5.92. The first-order chi connectivity index (χ1) is 14.0. The quantitative estimate of drug-likeness (QED) is 0.633. The Kier molecular flexibility index (Phi) is 6.54. The van der Waals surface area contributed by atoms with E-state index in [4.69, 9.17) is 10.1 Å². The number of carbonyl (C=O) groups excluding carboxylic acids is 2. The lowest BCUT2D eigenvalue weighted by atomic mass is 9.80. The second-order valence-electron chi connectivity index (χ2n) is 10.6. The van der Waals surface area contributed by atoms with Crippen molar-refractivity contribution in [2.45, 2.75) is 92.1 Å². The molecule has 2 fully saturated rings. The maximum atomic E-state index is 13.6. The van der Waals surface area contributed by atoms with Gasteiger partial charge in [-0.2, -0.15) is 0 Å². The molecule has 1 aromatic rings. The molecule has 4 heteroatoms. The Hall–Kier alpha value is -1.97. The zero-order valence-electron chi connectivity index (χ0n) is 19.4. The summed E-state index contributed by atoms with van der Waals surface area (Å²) in [7, 11) is 0. The number of aryl methyl sites for hydroxylation is 3. The molecule has 0 bridgehead atoms. The number of rotatable bonds is 4. The van der Waals surface area contributed by atoms with Crippen LogP contribution in [0.1, 0.15) is 87.5 Å². The number of hydrogen-bond donors (Lipinski definition) is 1. The molecule has 1 N–H and O–H groups in total. The minimum Gasteiger partial charge on any atom is -0.461 e. The van der Waals surface area contributed by atoms with Crippen molar-refractivity contribution in [2.75, 3.05) is 0 Å². The summed E-state index contributed by atoms with van der Waals surface area (Å²) in [6.45, 7) is 11.8. The zero-order chi connectivity index (χ0) is 22.2. The number of Topliss-reactive ketones (excluding diaryl/α,β-unsaturated/α-hetero) is 1. The molecule has 164 valence electrons. The summed E-state index contributed by atoms with van der Waals surface area (Å²) in [5, 5.41) is 7.85. The Balaban J connectivity index is 1.89. The minimum absolute atomic E-state index is 0.0647. The third kappa shape index (κ3) is 4.84. The number of ether oxygens (including phenoxy) is 1. The summed E-state index contributed by atoms with van der Waals surface area (Å²) in [5.41, 5.74) is 4.69. The number of carbonyl (C=O) groups is 2. The highest BCUT2D eigenvalue weighted by Gasteiger charge is 2.47. The number of hydrogen-bond acceptors (Lipinski definition) is 4. The van der Waals surface area contributed by atoms with Gasteiger partial charge in [-0.3, -0.25) is 9.59 Å². The molecular formula is C26H37NO3. The van der Waals surface area contributed by atoms with Gasteiger partial charge in [-0.1, -0.05) is 17.7 Å². The molecule has 0 aliphatic heterocycles. The van der Waals surface area contributed by atoms with Gasteiger partial charge >= 0.3 is 5.97 Å². The average Bonchev–Trinajstić information content (AvgIpc) is 2.91. The molecular weight excluding hydrogens is 374 g/mol. The molecule has 3 unspecified atom stereocenters. The van der Waals surface area contributed by atoms with Crippen LogP contribution < -0.4 is 0 Å². The summed E-state index contributed by atoms with van der Waals surface area (Å²) in [5.74, 6) is 0.0526. The lowest BCUT2D eigenvalue weighted by Gasteiger charge is -2.26. The molecule has 30 heavy (non-hydrogen) atoms. The van der Waals surface area contributed by atoms with Crippen LogP contribution in [0.2, 0.25) is 0 Å². The van der Waals surface area contributed by atoms with E-state index in [1.807, 2.05) is 20.8 Å². The van der Waals surface area contributed by atoms with Crippen molar-refractivity contribution in [3.8, 4) is 0 Å². The van der Waals surface area contributed by atoms with Crippen LogP contribution in [0, 0.1) is 43.4 Å². The topological polar surface area (TPSA) is 67.2 Å². The molecule has 3 rings (SSSR count). The SMILES string of the molecule is Cc1cc(C)c(C2C(=O)C(CC3CCC(=N)CC3)CC2OC(=O)C(C)(C)C)c(C)c1. The van der Waals surface area contributed by atoms with Crippen molar-refractivity contribution in [3.63, 3.8) is 0 Å². The minimum atomic E-state index is -0.590. The molecule has 2 aliphatic rings. The third-order valence-electron chi connectivity index (χ3n) is 6.84. The molecule has 0 amide bonds. The highest BCUT2D eigenvalue weighted by atomic mass is 16.5. The number of benzene rings is 1. The van der Waals surface area contributed by atoms with E-state index in [9.17, 15) is 9.59 Å². The first-order valence-corrected chi connectivity index (χ1v) is 11.4. The van der Waals surface area contributed by atoms with Gasteiger partial charge in [0.2, 0.25) is 0 Å². The fourth-order valence-corrected chi connectivity index (χ4v) is 5.29. The standard InChI is InChI=1S/C26H37NO3/c1-15-11-16(2)22(17(3)12-15)23-21(30-25(29)26(4,5)6)14-19(24(23)28)13-18-7-9-20(27)10-8-18/h11-12,18-19,21,23,27H,7-10,13-14H2,1-6H3. The van der Waals surface area contributed by atoms with Gasteiger partial charge < -0.3 is 10.1 Å². The predicted octanol–water partition coefficient (Wildman–Crippen LogP) is 5.84. The first-order valence-electron chi connectivity index (χ1n) is 11.4. The van der Waals surface area contributed by atoms with Gasteiger partial charge in [-0.05, 0) is 103 Å². The van der Waals surface area contributed by atoms with Crippen LogP contribution in [-0.4, -0.2) is 23.6 Å². The second kappa shape index (κ2) is 8.64. The van der Waals surface area contributed by atoms with E-state index in [1.54, 1.807) is 0 Å². The molecule has 0 heterocycles. The Morgan fingerprint density at radius 3 is 2.20 bits per heavy atom. The van der Waals surface area contributed by atoms with Gasteiger partial charge in [-0.25, -0.2) is 0 Å².